The van der Waals surface area contributed by atoms with Gasteiger partial charge in [0.05, 0.1) is 16.9 Å². The third kappa shape index (κ3) is 4.88. The van der Waals surface area contributed by atoms with Crippen molar-refractivity contribution in [2.75, 3.05) is 33.9 Å². The highest BCUT2D eigenvalue weighted by Gasteiger charge is 2.30. The van der Waals surface area contributed by atoms with E-state index in [1.54, 1.807) is 12.1 Å². The van der Waals surface area contributed by atoms with Crippen molar-refractivity contribution < 1.29 is 18.1 Å². The van der Waals surface area contributed by atoms with E-state index in [9.17, 15) is 23.3 Å². The molecule has 10 heteroatoms. The second kappa shape index (κ2) is 8.70. The van der Waals surface area contributed by atoms with E-state index in [4.69, 9.17) is 0 Å². The summed E-state index contributed by atoms with van der Waals surface area (Å²) >= 11 is 0. The Morgan fingerprint density at radius 1 is 1.17 bits per heavy atom. The van der Waals surface area contributed by atoms with Crippen LogP contribution in [0.5, 0.6) is 0 Å². The van der Waals surface area contributed by atoms with Gasteiger partial charge < -0.3 is 10.2 Å². The molecule has 1 unspecified atom stereocenters. The van der Waals surface area contributed by atoms with Gasteiger partial charge in [-0.1, -0.05) is 6.07 Å². The number of hydrogen-bond acceptors (Lipinski definition) is 6. The molecule has 9 nitrogen and oxygen atoms in total. The lowest BCUT2D eigenvalue weighted by Gasteiger charge is -2.28. The molecule has 1 atom stereocenters. The summed E-state index contributed by atoms with van der Waals surface area (Å²) in [6, 6.07) is 11.5. The highest BCUT2D eigenvalue weighted by molar-refractivity contribution is 7.92. The molecule has 0 bridgehead atoms. The monoisotopic (exact) mass is 432 g/mol. The van der Waals surface area contributed by atoms with Crippen molar-refractivity contribution in [2.45, 2.75) is 25.8 Å². The normalized spacial score (nSPS) is 14.9. The van der Waals surface area contributed by atoms with Gasteiger partial charge in [0, 0.05) is 36.6 Å². The molecule has 0 radical (unpaired) electrons. The minimum Gasteiger partial charge on any atom is -0.372 e. The van der Waals surface area contributed by atoms with Gasteiger partial charge in [-0.2, -0.15) is 0 Å². The summed E-state index contributed by atoms with van der Waals surface area (Å²) in [5.41, 5.74) is 1.42. The van der Waals surface area contributed by atoms with Crippen LogP contribution < -0.4 is 14.5 Å². The van der Waals surface area contributed by atoms with Crippen LogP contribution in [0.2, 0.25) is 0 Å². The first-order valence-corrected chi connectivity index (χ1v) is 11.4. The topological polar surface area (TPSA) is 113 Å². The number of non-ortho nitro benzene ring substituents is 1. The van der Waals surface area contributed by atoms with Crippen molar-refractivity contribution >= 4 is 38.7 Å². The Morgan fingerprint density at radius 2 is 1.80 bits per heavy atom. The molecular weight excluding hydrogens is 408 g/mol. The highest BCUT2D eigenvalue weighted by atomic mass is 32.2. The highest BCUT2D eigenvalue weighted by Crippen LogP contribution is 2.26. The van der Waals surface area contributed by atoms with Gasteiger partial charge >= 0.3 is 0 Å². The molecule has 3 rings (SSSR count). The van der Waals surface area contributed by atoms with Gasteiger partial charge in [0.2, 0.25) is 15.9 Å². The Labute approximate surface area is 175 Å². The second-order valence-corrected chi connectivity index (χ2v) is 9.10. The third-order valence-electron chi connectivity index (χ3n) is 4.99. The Morgan fingerprint density at radius 3 is 2.37 bits per heavy atom. The van der Waals surface area contributed by atoms with Crippen LogP contribution in [0.4, 0.5) is 22.7 Å². The van der Waals surface area contributed by atoms with E-state index in [-0.39, 0.29) is 11.4 Å². The minimum absolute atomic E-state index is 0.0544. The molecule has 0 aliphatic carbocycles. The molecule has 1 saturated heterocycles. The van der Waals surface area contributed by atoms with Crippen LogP contribution in [0.15, 0.2) is 48.5 Å². The molecule has 2 aromatic carbocycles. The van der Waals surface area contributed by atoms with E-state index in [2.05, 4.69) is 10.2 Å². The third-order valence-corrected chi connectivity index (χ3v) is 6.23. The molecule has 1 aliphatic heterocycles. The fourth-order valence-corrected chi connectivity index (χ4v) is 4.70. The zero-order chi connectivity index (χ0) is 21.9. The predicted octanol–water partition coefficient (Wildman–Crippen LogP) is 2.99. The van der Waals surface area contributed by atoms with Crippen molar-refractivity contribution in [3.63, 3.8) is 0 Å². The van der Waals surface area contributed by atoms with Crippen molar-refractivity contribution in [3.05, 3.63) is 58.6 Å². The van der Waals surface area contributed by atoms with Crippen LogP contribution in [0, 0.1) is 10.1 Å². The zero-order valence-corrected chi connectivity index (χ0v) is 17.6. The quantitative estimate of drug-likeness (QED) is 0.532. The molecule has 1 fully saturated rings. The Balaban J connectivity index is 1.79. The van der Waals surface area contributed by atoms with Crippen molar-refractivity contribution in [2.24, 2.45) is 0 Å². The maximum atomic E-state index is 12.8. The van der Waals surface area contributed by atoms with Gasteiger partial charge in [0.1, 0.15) is 6.04 Å². The van der Waals surface area contributed by atoms with E-state index in [1.807, 2.05) is 12.1 Å². The number of sulfonamides is 1. The summed E-state index contributed by atoms with van der Waals surface area (Å²) in [6.45, 7) is 3.46. The molecule has 0 spiro atoms. The molecule has 0 saturated carbocycles. The number of rotatable bonds is 7. The van der Waals surface area contributed by atoms with Crippen LogP contribution in [0.25, 0.3) is 0 Å². The first-order valence-electron chi connectivity index (χ1n) is 9.56. The number of anilines is 3. The number of carbonyl (C=O) groups is 1. The average molecular weight is 433 g/mol. The largest absolute Gasteiger partial charge is 0.372 e. The number of nitro groups is 1. The summed E-state index contributed by atoms with van der Waals surface area (Å²) in [7, 11) is -3.87. The van der Waals surface area contributed by atoms with Gasteiger partial charge in [-0.25, -0.2) is 8.42 Å². The number of hydrogen-bond donors (Lipinski definition) is 1. The second-order valence-electron chi connectivity index (χ2n) is 7.24. The minimum atomic E-state index is -3.87. The first kappa shape index (κ1) is 21.6. The summed E-state index contributed by atoms with van der Waals surface area (Å²) in [6.07, 6.45) is 3.28. The molecule has 1 heterocycles. The van der Waals surface area contributed by atoms with E-state index in [0.29, 0.717) is 5.69 Å². The van der Waals surface area contributed by atoms with Crippen LogP contribution in [0.3, 0.4) is 0 Å². The number of nitro benzene ring substituents is 1. The summed E-state index contributed by atoms with van der Waals surface area (Å²) in [5.74, 6) is -0.541. The maximum absolute atomic E-state index is 12.8. The molecule has 1 N–H and O–H groups in total. The van der Waals surface area contributed by atoms with Crippen molar-refractivity contribution in [3.8, 4) is 0 Å². The zero-order valence-electron chi connectivity index (χ0n) is 16.8. The molecule has 160 valence electrons. The number of nitrogens with one attached hydrogen (secondary N) is 1. The number of nitrogens with zero attached hydrogens (tertiary/aromatic N) is 3. The van der Waals surface area contributed by atoms with E-state index < -0.39 is 26.9 Å². The van der Waals surface area contributed by atoms with E-state index in [1.165, 1.54) is 25.1 Å². The van der Waals surface area contributed by atoms with Gasteiger partial charge in [-0.05, 0) is 50.1 Å². The molecule has 2 aromatic rings. The van der Waals surface area contributed by atoms with Gasteiger partial charge in [0.25, 0.3) is 5.69 Å². The lowest BCUT2D eigenvalue weighted by atomic mass is 10.2. The van der Waals surface area contributed by atoms with Crippen molar-refractivity contribution in [1.82, 2.24) is 0 Å². The molecule has 30 heavy (non-hydrogen) atoms. The van der Waals surface area contributed by atoms with Crippen molar-refractivity contribution in [1.29, 1.82) is 0 Å². The Bertz CT molecular complexity index is 1030. The van der Waals surface area contributed by atoms with Gasteiger partial charge in [0.15, 0.2) is 0 Å². The van der Waals surface area contributed by atoms with Crippen LogP contribution in [-0.2, 0) is 14.8 Å². The number of carbonyl (C=O) groups excluding carboxylic acids is 1. The summed E-state index contributed by atoms with van der Waals surface area (Å²) in [4.78, 5) is 25.5. The lowest BCUT2D eigenvalue weighted by molar-refractivity contribution is -0.384. The Hall–Kier alpha value is -3.14. The van der Waals surface area contributed by atoms with Gasteiger partial charge in [-0.15, -0.1) is 0 Å². The Kier molecular flexibility index (Phi) is 6.25. The first-order chi connectivity index (χ1) is 14.2. The van der Waals surface area contributed by atoms with E-state index >= 15 is 0 Å². The van der Waals surface area contributed by atoms with Crippen LogP contribution in [0.1, 0.15) is 19.8 Å². The molecular formula is C20H24N4O5S. The van der Waals surface area contributed by atoms with Crippen LogP contribution in [-0.4, -0.2) is 44.6 Å². The average Bonchev–Trinajstić information content (AvgIpc) is 3.22. The fourth-order valence-electron chi connectivity index (χ4n) is 3.53. The fraction of sp³-hybridized carbons (Fsp3) is 0.350. The predicted molar refractivity (Wildman–Crippen MR) is 116 cm³/mol. The molecule has 1 amide bonds. The maximum Gasteiger partial charge on any atom is 0.271 e. The molecule has 1 aliphatic rings. The lowest BCUT2D eigenvalue weighted by Crippen LogP contribution is -2.45. The molecule has 0 aromatic heterocycles. The summed E-state index contributed by atoms with van der Waals surface area (Å²) in [5, 5.41) is 13.8. The van der Waals surface area contributed by atoms with Gasteiger partial charge in [-0.3, -0.25) is 19.2 Å². The smallest absolute Gasteiger partial charge is 0.271 e. The van der Waals surface area contributed by atoms with E-state index in [0.717, 1.165) is 48.2 Å². The SMILES string of the molecule is CC(C(=O)Nc1ccc(N2CCCC2)cc1)N(c1cccc([N+](=O)[O-])c1)S(C)(=O)=O. The standard InChI is InChI=1S/C20H24N4O5S/c1-15(23(30(2,28)29)18-6-5-7-19(14-18)24(26)27)20(25)21-16-8-10-17(11-9-16)22-12-3-4-13-22/h5-11,14-15H,3-4,12-13H2,1-2H3,(H,21,25). The number of amides is 1. The van der Waals surface area contributed by atoms with Crippen LogP contribution >= 0.6 is 0 Å². The number of benzene rings is 2. The summed E-state index contributed by atoms with van der Waals surface area (Å²) < 4.78 is 25.6.